The lowest BCUT2D eigenvalue weighted by Crippen LogP contribution is -2.21. The molecule has 0 atom stereocenters. The molecule has 0 saturated carbocycles. The number of hydrogen-bond acceptors (Lipinski definition) is 6. The highest BCUT2D eigenvalue weighted by Crippen LogP contribution is 2.38. The van der Waals surface area contributed by atoms with Crippen LogP contribution in [0.4, 0.5) is 5.69 Å². The van der Waals surface area contributed by atoms with Gasteiger partial charge in [-0.3, -0.25) is 4.79 Å². The molecule has 0 aromatic heterocycles. The Morgan fingerprint density at radius 2 is 1.96 bits per heavy atom. The van der Waals surface area contributed by atoms with Crippen molar-refractivity contribution in [3.8, 4) is 17.2 Å². The summed E-state index contributed by atoms with van der Waals surface area (Å²) in [5.41, 5.74) is 1.63. The molecule has 1 aliphatic rings. The maximum Gasteiger partial charge on any atom is 0.338 e. The first kappa shape index (κ1) is 19.8. The van der Waals surface area contributed by atoms with Crippen molar-refractivity contribution in [1.29, 1.82) is 0 Å². The van der Waals surface area contributed by atoms with Crippen molar-refractivity contribution in [3.05, 3.63) is 46.5 Å². The summed E-state index contributed by atoms with van der Waals surface area (Å²) in [5, 5.41) is 2.92. The number of esters is 1. The number of aryl methyl sites for hydroxylation is 1. The highest BCUT2D eigenvalue weighted by molar-refractivity contribution is 6.32. The maximum absolute atomic E-state index is 12.3. The number of anilines is 1. The van der Waals surface area contributed by atoms with Gasteiger partial charge >= 0.3 is 5.97 Å². The number of carbonyl (C=O) groups excluding carboxylic acids is 2. The molecular formula is C20H20ClNO6. The maximum atomic E-state index is 12.3. The van der Waals surface area contributed by atoms with Crippen molar-refractivity contribution >= 4 is 29.2 Å². The molecule has 1 amide bonds. The Kier molecular flexibility index (Phi) is 6.26. The summed E-state index contributed by atoms with van der Waals surface area (Å²) >= 11 is 6.18. The monoisotopic (exact) mass is 405 g/mol. The third-order valence-corrected chi connectivity index (χ3v) is 4.28. The molecule has 1 N–H and O–H groups in total. The molecule has 8 heteroatoms. The van der Waals surface area contributed by atoms with Gasteiger partial charge in [0.15, 0.2) is 18.1 Å². The van der Waals surface area contributed by atoms with Gasteiger partial charge in [-0.1, -0.05) is 17.7 Å². The molecule has 2 aromatic rings. The van der Waals surface area contributed by atoms with Crippen LogP contribution < -0.4 is 19.5 Å². The number of carbonyl (C=O) groups is 2. The molecule has 0 bridgehead atoms. The number of halogens is 1. The van der Waals surface area contributed by atoms with Gasteiger partial charge in [-0.25, -0.2) is 4.79 Å². The van der Waals surface area contributed by atoms with E-state index in [4.69, 9.17) is 30.5 Å². The van der Waals surface area contributed by atoms with E-state index < -0.39 is 18.5 Å². The molecule has 1 heterocycles. The molecule has 0 radical (unpaired) electrons. The predicted octanol–water partition coefficient (Wildman–Crippen LogP) is 3.61. The molecule has 148 valence electrons. The average Bonchev–Trinajstić information content (AvgIpc) is 2.92. The van der Waals surface area contributed by atoms with E-state index in [1.165, 1.54) is 19.2 Å². The van der Waals surface area contributed by atoms with Gasteiger partial charge in [-0.2, -0.15) is 0 Å². The fourth-order valence-electron chi connectivity index (χ4n) is 2.67. The number of fused-ring (bicyclic) bond motifs is 1. The van der Waals surface area contributed by atoms with E-state index in [1.807, 2.05) is 13.0 Å². The second kappa shape index (κ2) is 8.84. The molecule has 0 aliphatic carbocycles. The van der Waals surface area contributed by atoms with Gasteiger partial charge in [0.05, 0.1) is 36.6 Å². The quantitative estimate of drug-likeness (QED) is 0.765. The molecule has 0 saturated heterocycles. The van der Waals surface area contributed by atoms with Crippen molar-refractivity contribution in [2.45, 2.75) is 13.3 Å². The van der Waals surface area contributed by atoms with Crippen molar-refractivity contribution in [3.63, 3.8) is 0 Å². The number of nitrogens with one attached hydrogen (secondary N) is 1. The van der Waals surface area contributed by atoms with Crippen molar-refractivity contribution in [2.24, 2.45) is 0 Å². The Morgan fingerprint density at radius 1 is 1.18 bits per heavy atom. The molecule has 1 aliphatic heterocycles. The van der Waals surface area contributed by atoms with Crippen molar-refractivity contribution in [1.82, 2.24) is 0 Å². The van der Waals surface area contributed by atoms with Crippen LogP contribution in [0.15, 0.2) is 30.3 Å². The smallest absolute Gasteiger partial charge is 0.338 e. The fraction of sp³-hybridized carbons (Fsp3) is 0.300. The lowest BCUT2D eigenvalue weighted by molar-refractivity contribution is -0.119. The predicted molar refractivity (Wildman–Crippen MR) is 104 cm³/mol. The first-order chi connectivity index (χ1) is 13.5. The van der Waals surface area contributed by atoms with E-state index in [1.54, 1.807) is 12.1 Å². The Bertz CT molecular complexity index is 899. The zero-order valence-corrected chi connectivity index (χ0v) is 16.3. The molecule has 0 fully saturated rings. The standard InChI is InChI=1S/C20H20ClNO6/c1-12-4-5-16(25-2)15(8-12)22-18(23)11-28-20(24)13-9-14(21)19-17(10-13)26-6-3-7-27-19/h4-5,8-10H,3,6-7,11H2,1-2H3,(H,22,23). The van der Waals surface area contributed by atoms with Gasteiger partial charge in [0.25, 0.3) is 5.91 Å². The minimum atomic E-state index is -0.691. The molecule has 3 rings (SSSR count). The van der Waals surface area contributed by atoms with E-state index >= 15 is 0 Å². The summed E-state index contributed by atoms with van der Waals surface area (Å²) in [6, 6.07) is 8.30. The van der Waals surface area contributed by atoms with Gasteiger partial charge in [0, 0.05) is 6.42 Å². The molecule has 0 spiro atoms. The first-order valence-electron chi connectivity index (χ1n) is 8.68. The van der Waals surface area contributed by atoms with E-state index in [0.29, 0.717) is 42.6 Å². The van der Waals surface area contributed by atoms with Crippen molar-refractivity contribution < 1.29 is 28.5 Å². The van der Waals surface area contributed by atoms with Crippen LogP contribution >= 0.6 is 11.6 Å². The van der Waals surface area contributed by atoms with E-state index in [0.717, 1.165) is 5.56 Å². The van der Waals surface area contributed by atoms with Crippen LogP contribution in [0.2, 0.25) is 5.02 Å². The van der Waals surface area contributed by atoms with Gasteiger partial charge in [0.1, 0.15) is 5.75 Å². The number of hydrogen-bond donors (Lipinski definition) is 1. The second-order valence-electron chi connectivity index (χ2n) is 6.16. The Hall–Kier alpha value is -2.93. The van der Waals surface area contributed by atoms with Crippen LogP contribution in [-0.2, 0) is 9.53 Å². The lowest BCUT2D eigenvalue weighted by Gasteiger charge is -2.12. The zero-order valence-electron chi connectivity index (χ0n) is 15.5. The fourth-order valence-corrected chi connectivity index (χ4v) is 2.93. The number of ether oxygens (including phenoxy) is 4. The summed E-state index contributed by atoms with van der Waals surface area (Å²) in [7, 11) is 1.51. The molecule has 0 unspecified atom stereocenters. The van der Waals surface area contributed by atoms with E-state index in [2.05, 4.69) is 5.32 Å². The molecule has 2 aromatic carbocycles. The Balaban J connectivity index is 1.64. The van der Waals surface area contributed by atoms with Crippen LogP contribution in [0.25, 0.3) is 0 Å². The SMILES string of the molecule is COc1ccc(C)cc1NC(=O)COC(=O)c1cc(Cl)c2c(c1)OCCCO2. The number of methoxy groups -OCH3 is 1. The number of benzene rings is 2. The first-order valence-corrected chi connectivity index (χ1v) is 9.06. The van der Waals surface area contributed by atoms with Crippen LogP contribution in [0.5, 0.6) is 17.2 Å². The van der Waals surface area contributed by atoms with Gasteiger partial charge in [-0.15, -0.1) is 0 Å². The Labute approximate surface area is 167 Å². The molecular weight excluding hydrogens is 386 g/mol. The summed E-state index contributed by atoms with van der Waals surface area (Å²) in [5.74, 6) is 0.118. The van der Waals surface area contributed by atoms with Crippen LogP contribution in [0.3, 0.4) is 0 Å². The minimum Gasteiger partial charge on any atom is -0.495 e. The average molecular weight is 406 g/mol. The van der Waals surface area contributed by atoms with E-state index in [-0.39, 0.29) is 10.6 Å². The van der Waals surface area contributed by atoms with Crippen LogP contribution in [-0.4, -0.2) is 38.8 Å². The molecule has 28 heavy (non-hydrogen) atoms. The number of amides is 1. The number of rotatable bonds is 5. The summed E-state index contributed by atoms with van der Waals surface area (Å²) < 4.78 is 21.4. The third kappa shape index (κ3) is 4.67. The van der Waals surface area contributed by atoms with Gasteiger partial charge < -0.3 is 24.3 Å². The van der Waals surface area contributed by atoms with Crippen LogP contribution in [0, 0.1) is 6.92 Å². The lowest BCUT2D eigenvalue weighted by atomic mass is 10.2. The van der Waals surface area contributed by atoms with Gasteiger partial charge in [-0.05, 0) is 36.8 Å². The summed E-state index contributed by atoms with van der Waals surface area (Å²) in [6.45, 7) is 2.38. The topological polar surface area (TPSA) is 83.1 Å². The largest absolute Gasteiger partial charge is 0.495 e. The third-order valence-electron chi connectivity index (χ3n) is 4.00. The van der Waals surface area contributed by atoms with Gasteiger partial charge in [0.2, 0.25) is 0 Å². The highest BCUT2D eigenvalue weighted by atomic mass is 35.5. The Morgan fingerprint density at radius 3 is 2.75 bits per heavy atom. The summed E-state index contributed by atoms with van der Waals surface area (Å²) in [4.78, 5) is 24.5. The zero-order chi connectivity index (χ0) is 20.1. The van der Waals surface area contributed by atoms with E-state index in [9.17, 15) is 9.59 Å². The van der Waals surface area contributed by atoms with Crippen LogP contribution in [0.1, 0.15) is 22.3 Å². The van der Waals surface area contributed by atoms with Crippen molar-refractivity contribution in [2.75, 3.05) is 32.2 Å². The molecule has 7 nitrogen and oxygen atoms in total. The summed E-state index contributed by atoms with van der Waals surface area (Å²) in [6.07, 6.45) is 0.716. The second-order valence-corrected chi connectivity index (χ2v) is 6.57. The normalized spacial score (nSPS) is 12.7. The highest BCUT2D eigenvalue weighted by Gasteiger charge is 2.20. The minimum absolute atomic E-state index is 0.176.